The fourth-order valence-corrected chi connectivity index (χ4v) is 1.67. The van der Waals surface area contributed by atoms with Gasteiger partial charge in [-0.25, -0.2) is 0 Å². The smallest absolute Gasteiger partial charge is 0.259 e. The SMILES string of the molecule is COc1ccc(NC(=O)c2ccncc2O)c(C)c1. The molecule has 5 nitrogen and oxygen atoms in total. The molecule has 0 spiro atoms. The van der Waals surface area contributed by atoms with Crippen molar-refractivity contribution in [1.82, 2.24) is 4.98 Å². The zero-order valence-electron chi connectivity index (χ0n) is 10.7. The number of amides is 1. The molecule has 0 radical (unpaired) electrons. The number of nitrogens with one attached hydrogen (secondary N) is 1. The lowest BCUT2D eigenvalue weighted by molar-refractivity contribution is 0.102. The standard InChI is InChI=1S/C14H14N2O3/c1-9-7-10(19-2)3-4-12(9)16-14(18)11-5-6-15-8-13(11)17/h3-8,17H,1-2H3,(H,16,18). The van der Waals surface area contributed by atoms with Crippen molar-refractivity contribution in [2.75, 3.05) is 12.4 Å². The molecule has 5 heteroatoms. The molecular weight excluding hydrogens is 244 g/mol. The van der Waals surface area contributed by atoms with E-state index in [2.05, 4.69) is 10.3 Å². The van der Waals surface area contributed by atoms with Gasteiger partial charge in [0.25, 0.3) is 5.91 Å². The molecule has 0 atom stereocenters. The Balaban J connectivity index is 2.22. The quantitative estimate of drug-likeness (QED) is 0.886. The highest BCUT2D eigenvalue weighted by Crippen LogP contribution is 2.22. The summed E-state index contributed by atoms with van der Waals surface area (Å²) in [4.78, 5) is 15.7. The molecule has 1 heterocycles. The molecule has 1 aromatic carbocycles. The van der Waals surface area contributed by atoms with Crippen molar-refractivity contribution in [2.24, 2.45) is 0 Å². The van der Waals surface area contributed by atoms with Crippen LogP contribution in [0.1, 0.15) is 15.9 Å². The topological polar surface area (TPSA) is 71.5 Å². The second-order valence-corrected chi connectivity index (χ2v) is 4.03. The number of carbonyl (C=O) groups is 1. The number of benzene rings is 1. The van der Waals surface area contributed by atoms with E-state index in [0.717, 1.165) is 11.3 Å². The Hall–Kier alpha value is -2.56. The number of aromatic nitrogens is 1. The fraction of sp³-hybridized carbons (Fsp3) is 0.143. The van der Waals surface area contributed by atoms with Crippen molar-refractivity contribution in [3.05, 3.63) is 47.8 Å². The summed E-state index contributed by atoms with van der Waals surface area (Å²) in [6.07, 6.45) is 2.69. The summed E-state index contributed by atoms with van der Waals surface area (Å²) in [5.41, 5.74) is 1.73. The van der Waals surface area contributed by atoms with Gasteiger partial charge in [-0.3, -0.25) is 9.78 Å². The molecule has 0 fully saturated rings. The van der Waals surface area contributed by atoms with E-state index < -0.39 is 0 Å². The Morgan fingerprint density at radius 1 is 1.37 bits per heavy atom. The van der Waals surface area contributed by atoms with E-state index in [1.165, 1.54) is 18.5 Å². The molecule has 0 aliphatic heterocycles. The number of carbonyl (C=O) groups excluding carboxylic acids is 1. The third-order valence-electron chi connectivity index (χ3n) is 2.73. The predicted molar refractivity (Wildman–Crippen MR) is 71.6 cm³/mol. The van der Waals surface area contributed by atoms with E-state index >= 15 is 0 Å². The van der Waals surface area contributed by atoms with Crippen LogP contribution in [-0.2, 0) is 0 Å². The summed E-state index contributed by atoms with van der Waals surface area (Å²) in [5, 5.41) is 12.3. The Kier molecular flexibility index (Phi) is 3.66. The van der Waals surface area contributed by atoms with Crippen molar-refractivity contribution in [1.29, 1.82) is 0 Å². The molecule has 2 N–H and O–H groups in total. The van der Waals surface area contributed by atoms with Crippen LogP contribution in [0.25, 0.3) is 0 Å². The Bertz CT molecular complexity index is 611. The highest BCUT2D eigenvalue weighted by atomic mass is 16.5. The maximum Gasteiger partial charge on any atom is 0.259 e. The van der Waals surface area contributed by atoms with E-state index in [4.69, 9.17) is 4.74 Å². The maximum absolute atomic E-state index is 12.0. The van der Waals surface area contributed by atoms with E-state index in [-0.39, 0.29) is 17.2 Å². The van der Waals surface area contributed by atoms with Crippen LogP contribution in [0.15, 0.2) is 36.7 Å². The van der Waals surface area contributed by atoms with Gasteiger partial charge in [-0.15, -0.1) is 0 Å². The van der Waals surface area contributed by atoms with Crippen LogP contribution in [0, 0.1) is 6.92 Å². The van der Waals surface area contributed by atoms with Crippen molar-refractivity contribution >= 4 is 11.6 Å². The first-order chi connectivity index (χ1) is 9.11. The molecule has 2 aromatic rings. The van der Waals surface area contributed by atoms with Crippen molar-refractivity contribution in [3.63, 3.8) is 0 Å². The molecule has 0 aliphatic rings. The molecule has 19 heavy (non-hydrogen) atoms. The number of hydrogen-bond donors (Lipinski definition) is 2. The summed E-state index contributed by atoms with van der Waals surface area (Å²) in [5.74, 6) is 0.196. The van der Waals surface area contributed by atoms with Crippen LogP contribution in [-0.4, -0.2) is 23.1 Å². The van der Waals surface area contributed by atoms with Gasteiger partial charge < -0.3 is 15.2 Å². The summed E-state index contributed by atoms with van der Waals surface area (Å²) >= 11 is 0. The van der Waals surface area contributed by atoms with Gasteiger partial charge in [0.1, 0.15) is 11.5 Å². The highest BCUT2D eigenvalue weighted by Gasteiger charge is 2.12. The zero-order chi connectivity index (χ0) is 13.8. The maximum atomic E-state index is 12.0. The number of anilines is 1. The van der Waals surface area contributed by atoms with E-state index in [0.29, 0.717) is 5.69 Å². The lowest BCUT2D eigenvalue weighted by atomic mass is 10.1. The Morgan fingerprint density at radius 2 is 2.16 bits per heavy atom. The van der Waals surface area contributed by atoms with Gasteiger partial charge in [0, 0.05) is 11.9 Å². The third-order valence-corrected chi connectivity index (χ3v) is 2.73. The van der Waals surface area contributed by atoms with Gasteiger partial charge in [-0.05, 0) is 36.8 Å². The van der Waals surface area contributed by atoms with Gasteiger partial charge in [0.15, 0.2) is 0 Å². The number of rotatable bonds is 3. The normalized spacial score (nSPS) is 10.0. The van der Waals surface area contributed by atoms with Crippen LogP contribution in [0.5, 0.6) is 11.5 Å². The van der Waals surface area contributed by atoms with E-state index in [1.807, 2.05) is 13.0 Å². The van der Waals surface area contributed by atoms with Gasteiger partial charge in [0.2, 0.25) is 0 Å². The fourth-order valence-electron chi connectivity index (χ4n) is 1.67. The second kappa shape index (κ2) is 5.39. The lowest BCUT2D eigenvalue weighted by Gasteiger charge is -2.10. The minimum Gasteiger partial charge on any atom is -0.505 e. The number of aromatic hydroxyl groups is 1. The monoisotopic (exact) mass is 258 g/mol. The first kappa shape index (κ1) is 12.9. The first-order valence-corrected chi connectivity index (χ1v) is 5.71. The average Bonchev–Trinajstić information content (AvgIpc) is 2.41. The van der Waals surface area contributed by atoms with Crippen LogP contribution in [0.2, 0.25) is 0 Å². The first-order valence-electron chi connectivity index (χ1n) is 5.71. The van der Waals surface area contributed by atoms with Crippen LogP contribution in [0.4, 0.5) is 5.69 Å². The van der Waals surface area contributed by atoms with Gasteiger partial charge in [-0.1, -0.05) is 0 Å². The summed E-state index contributed by atoms with van der Waals surface area (Å²) in [6.45, 7) is 1.87. The second-order valence-electron chi connectivity index (χ2n) is 4.03. The molecule has 0 aliphatic carbocycles. The molecule has 1 amide bonds. The average molecular weight is 258 g/mol. The van der Waals surface area contributed by atoms with E-state index in [1.54, 1.807) is 19.2 Å². The number of ether oxygens (including phenoxy) is 1. The zero-order valence-corrected chi connectivity index (χ0v) is 10.7. The molecule has 98 valence electrons. The van der Waals surface area contributed by atoms with Crippen molar-refractivity contribution < 1.29 is 14.6 Å². The minimum atomic E-state index is -0.381. The van der Waals surface area contributed by atoms with Crippen LogP contribution in [0.3, 0.4) is 0 Å². The van der Waals surface area contributed by atoms with Gasteiger partial charge >= 0.3 is 0 Å². The van der Waals surface area contributed by atoms with Crippen molar-refractivity contribution in [3.8, 4) is 11.5 Å². The molecular formula is C14H14N2O3. The lowest BCUT2D eigenvalue weighted by Crippen LogP contribution is -2.13. The molecule has 0 saturated heterocycles. The number of aryl methyl sites for hydroxylation is 1. The number of nitrogens with zero attached hydrogens (tertiary/aromatic N) is 1. The van der Waals surface area contributed by atoms with Crippen LogP contribution >= 0.6 is 0 Å². The predicted octanol–water partition coefficient (Wildman–Crippen LogP) is 2.36. The van der Waals surface area contributed by atoms with Gasteiger partial charge in [-0.2, -0.15) is 0 Å². The molecule has 0 unspecified atom stereocenters. The van der Waals surface area contributed by atoms with Crippen molar-refractivity contribution in [2.45, 2.75) is 6.92 Å². The van der Waals surface area contributed by atoms with Crippen LogP contribution < -0.4 is 10.1 Å². The molecule has 0 bridgehead atoms. The molecule has 2 rings (SSSR count). The Labute approximate surface area is 110 Å². The highest BCUT2D eigenvalue weighted by molar-refractivity contribution is 6.06. The van der Waals surface area contributed by atoms with E-state index in [9.17, 15) is 9.90 Å². The summed E-state index contributed by atoms with van der Waals surface area (Å²) < 4.78 is 5.10. The summed E-state index contributed by atoms with van der Waals surface area (Å²) in [7, 11) is 1.59. The minimum absolute atomic E-state index is 0.147. The molecule has 1 aromatic heterocycles. The number of pyridine rings is 1. The largest absolute Gasteiger partial charge is 0.505 e. The third kappa shape index (κ3) is 2.82. The summed E-state index contributed by atoms with van der Waals surface area (Å²) in [6, 6.07) is 6.80. The number of methoxy groups -OCH3 is 1. The Morgan fingerprint density at radius 3 is 2.79 bits per heavy atom. The number of hydrogen-bond acceptors (Lipinski definition) is 4. The molecule has 0 saturated carbocycles. The van der Waals surface area contributed by atoms with Gasteiger partial charge in [0.05, 0.1) is 18.9 Å².